The Morgan fingerprint density at radius 3 is 2.67 bits per heavy atom. The monoisotopic (exact) mass is 288 g/mol. The number of hydrogen-bond acceptors (Lipinski definition) is 2. The third kappa shape index (κ3) is 2.06. The third-order valence-corrected chi connectivity index (χ3v) is 6.11. The molecule has 3 rings (SSSR count). The van der Waals surface area contributed by atoms with Gasteiger partial charge in [-0.1, -0.05) is 34.1 Å². The van der Waals surface area contributed by atoms with Crippen LogP contribution in [0.5, 0.6) is 11.5 Å². The van der Waals surface area contributed by atoms with Gasteiger partial charge in [0.15, 0.2) is 0 Å². The highest BCUT2D eigenvalue weighted by molar-refractivity contribution is 5.53. The van der Waals surface area contributed by atoms with Gasteiger partial charge in [0, 0.05) is 11.0 Å². The van der Waals surface area contributed by atoms with Crippen molar-refractivity contribution in [1.82, 2.24) is 0 Å². The fourth-order valence-corrected chi connectivity index (χ4v) is 4.73. The van der Waals surface area contributed by atoms with E-state index in [0.717, 1.165) is 30.6 Å². The molecular formula is C19H28O2. The van der Waals surface area contributed by atoms with Crippen LogP contribution in [0.2, 0.25) is 0 Å². The lowest BCUT2D eigenvalue weighted by molar-refractivity contribution is 0.0478. The lowest BCUT2D eigenvalue weighted by Crippen LogP contribution is -2.37. The van der Waals surface area contributed by atoms with E-state index in [1.165, 1.54) is 12.0 Å². The van der Waals surface area contributed by atoms with Crippen LogP contribution >= 0.6 is 0 Å². The average Bonchev–Trinajstić information content (AvgIpc) is 2.62. The van der Waals surface area contributed by atoms with Crippen LogP contribution < -0.4 is 4.74 Å². The van der Waals surface area contributed by atoms with Gasteiger partial charge in [-0.3, -0.25) is 0 Å². The van der Waals surface area contributed by atoms with Gasteiger partial charge in [-0.05, 0) is 55.7 Å². The van der Waals surface area contributed by atoms with Gasteiger partial charge in [0.25, 0.3) is 0 Å². The van der Waals surface area contributed by atoms with E-state index in [1.54, 1.807) is 0 Å². The van der Waals surface area contributed by atoms with E-state index < -0.39 is 0 Å². The second-order valence-corrected chi connectivity index (χ2v) is 7.81. The molecule has 1 N–H and O–H groups in total. The van der Waals surface area contributed by atoms with Crippen molar-refractivity contribution in [3.8, 4) is 11.5 Å². The molecule has 116 valence electrons. The minimum absolute atomic E-state index is 0.0438. The Morgan fingerprint density at radius 1 is 1.29 bits per heavy atom. The molecule has 2 aliphatic rings. The summed E-state index contributed by atoms with van der Waals surface area (Å²) >= 11 is 0. The maximum absolute atomic E-state index is 10.6. The van der Waals surface area contributed by atoms with Crippen LogP contribution in [0.1, 0.15) is 65.0 Å². The molecule has 3 atom stereocenters. The van der Waals surface area contributed by atoms with Crippen LogP contribution in [0.25, 0.3) is 0 Å². The van der Waals surface area contributed by atoms with Crippen molar-refractivity contribution < 1.29 is 9.84 Å². The Hall–Kier alpha value is -1.18. The third-order valence-electron chi connectivity index (χ3n) is 6.11. The largest absolute Gasteiger partial charge is 0.507 e. The van der Waals surface area contributed by atoms with E-state index >= 15 is 0 Å². The first-order chi connectivity index (χ1) is 9.79. The first-order valence-corrected chi connectivity index (χ1v) is 8.35. The fraction of sp³-hybridized carbons (Fsp3) is 0.684. The molecule has 1 saturated carbocycles. The lowest BCUT2D eigenvalue weighted by atomic mass is 9.68. The number of aromatic hydroxyl groups is 1. The minimum Gasteiger partial charge on any atom is -0.507 e. The molecule has 0 spiro atoms. The van der Waals surface area contributed by atoms with Crippen molar-refractivity contribution >= 4 is 0 Å². The number of ether oxygens (including phenoxy) is 1. The summed E-state index contributed by atoms with van der Waals surface area (Å²) in [6, 6.07) is 4.11. The zero-order valence-corrected chi connectivity index (χ0v) is 14.0. The summed E-state index contributed by atoms with van der Waals surface area (Å²) in [7, 11) is 0. The molecule has 2 heteroatoms. The van der Waals surface area contributed by atoms with Crippen LogP contribution in [0, 0.1) is 11.8 Å². The summed E-state index contributed by atoms with van der Waals surface area (Å²) < 4.78 is 6.49. The number of hydrogen-bond donors (Lipinski definition) is 1. The molecule has 1 aliphatic heterocycles. The Kier molecular flexibility index (Phi) is 3.27. The predicted molar refractivity (Wildman–Crippen MR) is 86.0 cm³/mol. The number of rotatable bonds is 2. The second-order valence-electron chi connectivity index (χ2n) is 7.81. The van der Waals surface area contributed by atoms with E-state index in [4.69, 9.17) is 4.74 Å². The second kappa shape index (κ2) is 4.66. The highest BCUT2D eigenvalue weighted by Crippen LogP contribution is 2.58. The average molecular weight is 288 g/mol. The summed E-state index contributed by atoms with van der Waals surface area (Å²) in [6.07, 6.45) is 4.36. The molecule has 2 nitrogen and oxygen atoms in total. The van der Waals surface area contributed by atoms with Crippen molar-refractivity contribution in [2.45, 2.75) is 71.3 Å². The predicted octanol–water partition coefficient (Wildman–Crippen LogP) is 4.82. The Labute approximate surface area is 128 Å². The molecule has 1 unspecified atom stereocenters. The number of benzene rings is 1. The minimum atomic E-state index is -0.0928. The van der Waals surface area contributed by atoms with Gasteiger partial charge in [-0.2, -0.15) is 0 Å². The molecule has 21 heavy (non-hydrogen) atoms. The summed E-state index contributed by atoms with van der Waals surface area (Å²) in [5, 5.41) is 10.6. The molecule has 0 saturated heterocycles. The first kappa shape index (κ1) is 14.7. The van der Waals surface area contributed by atoms with E-state index in [1.807, 2.05) is 6.07 Å². The van der Waals surface area contributed by atoms with Crippen molar-refractivity contribution in [3.63, 3.8) is 0 Å². The van der Waals surface area contributed by atoms with Crippen molar-refractivity contribution in [3.05, 3.63) is 23.3 Å². The molecule has 1 aliphatic carbocycles. The molecule has 0 aromatic heterocycles. The number of aryl methyl sites for hydroxylation is 1. The standard InChI is InChI=1S/C19H28O2/c1-6-7-13-10-15(20)17-16(11-13)21-19(5)9-8-14(12(19)2)18(17,3)4/h10-12,14,20H,6-9H2,1-5H3/t12-,14?,19+/m0/s1. The smallest absolute Gasteiger partial charge is 0.127 e. The summed E-state index contributed by atoms with van der Waals surface area (Å²) in [5.41, 5.74) is 2.06. The normalized spacial score (nSPS) is 33.2. The molecular weight excluding hydrogens is 260 g/mol. The zero-order valence-electron chi connectivity index (χ0n) is 14.0. The Balaban J connectivity index is 2.18. The summed E-state index contributed by atoms with van der Waals surface area (Å²) in [6.45, 7) is 11.3. The van der Waals surface area contributed by atoms with Crippen molar-refractivity contribution in [1.29, 1.82) is 0 Å². The number of phenols is 1. The van der Waals surface area contributed by atoms with E-state index in [9.17, 15) is 5.11 Å². The molecule has 1 aromatic carbocycles. The summed E-state index contributed by atoms with van der Waals surface area (Å²) in [4.78, 5) is 0. The lowest BCUT2D eigenvalue weighted by Gasteiger charge is -2.34. The Bertz CT molecular complexity index is 561. The highest BCUT2D eigenvalue weighted by Gasteiger charge is 2.54. The summed E-state index contributed by atoms with van der Waals surface area (Å²) in [5.74, 6) is 2.41. The van der Waals surface area contributed by atoms with Crippen molar-refractivity contribution in [2.75, 3.05) is 0 Å². The molecule has 2 bridgehead atoms. The molecule has 1 fully saturated rings. The quantitative estimate of drug-likeness (QED) is 0.845. The zero-order chi connectivity index (χ0) is 15.4. The van der Waals surface area contributed by atoms with E-state index in [-0.39, 0.29) is 11.0 Å². The highest BCUT2D eigenvalue weighted by atomic mass is 16.5. The maximum Gasteiger partial charge on any atom is 0.127 e. The van der Waals surface area contributed by atoms with Gasteiger partial charge >= 0.3 is 0 Å². The van der Waals surface area contributed by atoms with Crippen LogP contribution in [0.3, 0.4) is 0 Å². The maximum atomic E-state index is 10.6. The van der Waals surface area contributed by atoms with Crippen LogP contribution in [-0.2, 0) is 11.8 Å². The van der Waals surface area contributed by atoms with Gasteiger partial charge in [-0.15, -0.1) is 0 Å². The topological polar surface area (TPSA) is 29.5 Å². The van der Waals surface area contributed by atoms with Crippen LogP contribution in [-0.4, -0.2) is 10.7 Å². The number of phenolic OH excluding ortho intramolecular Hbond substituents is 1. The van der Waals surface area contributed by atoms with Gasteiger partial charge in [0.2, 0.25) is 0 Å². The van der Waals surface area contributed by atoms with E-state index in [2.05, 4.69) is 40.7 Å². The van der Waals surface area contributed by atoms with Gasteiger partial charge in [0.1, 0.15) is 17.1 Å². The number of fused-ring (bicyclic) bond motifs is 3. The molecule has 0 radical (unpaired) electrons. The van der Waals surface area contributed by atoms with Crippen LogP contribution in [0.15, 0.2) is 12.1 Å². The Morgan fingerprint density at radius 2 is 2.00 bits per heavy atom. The van der Waals surface area contributed by atoms with Gasteiger partial charge in [0.05, 0.1) is 0 Å². The van der Waals surface area contributed by atoms with Gasteiger partial charge in [-0.25, -0.2) is 0 Å². The first-order valence-electron chi connectivity index (χ1n) is 8.35. The SMILES string of the molecule is CCCc1cc(O)c2c(c1)O[C@]1(C)CCC([C@@H]1C)C2(C)C. The molecule has 1 heterocycles. The van der Waals surface area contributed by atoms with Crippen LogP contribution in [0.4, 0.5) is 0 Å². The molecule has 1 aromatic rings. The van der Waals surface area contributed by atoms with E-state index in [0.29, 0.717) is 17.6 Å². The molecule has 0 amide bonds. The van der Waals surface area contributed by atoms with Gasteiger partial charge < -0.3 is 9.84 Å². The fourth-order valence-electron chi connectivity index (χ4n) is 4.73. The van der Waals surface area contributed by atoms with Crippen molar-refractivity contribution in [2.24, 2.45) is 11.8 Å².